The van der Waals surface area contributed by atoms with Gasteiger partial charge in [-0.15, -0.1) is 0 Å². The van der Waals surface area contributed by atoms with Gasteiger partial charge in [-0.05, 0) is 31.9 Å². The molecule has 22 heavy (non-hydrogen) atoms. The molecule has 2 bridgehead atoms. The van der Waals surface area contributed by atoms with Crippen LogP contribution in [-0.2, 0) is 14.3 Å². The van der Waals surface area contributed by atoms with Gasteiger partial charge in [0.25, 0.3) is 0 Å². The van der Waals surface area contributed by atoms with Crippen molar-refractivity contribution in [2.75, 3.05) is 11.9 Å². The number of carboxylic acids is 1. The number of fused-ring (bicyclic) bond motifs is 2. The average Bonchev–Trinajstić information content (AvgIpc) is 3.10. The number of aliphatic carboxylic acids is 1. The van der Waals surface area contributed by atoms with E-state index >= 15 is 0 Å². The number of carboxylic acid groups (broad SMARTS) is 1. The molecule has 2 N–H and O–H groups in total. The van der Waals surface area contributed by atoms with E-state index in [0.29, 0.717) is 24.5 Å². The number of carbonyl (C=O) groups excluding carboxylic acids is 1. The minimum Gasteiger partial charge on any atom is -0.492 e. The van der Waals surface area contributed by atoms with E-state index in [-0.39, 0.29) is 18.1 Å². The second-order valence-electron chi connectivity index (χ2n) is 5.60. The Labute approximate surface area is 128 Å². The second-order valence-corrected chi connectivity index (χ2v) is 5.60. The summed E-state index contributed by atoms with van der Waals surface area (Å²) < 4.78 is 11.1. The summed E-state index contributed by atoms with van der Waals surface area (Å²) in [4.78, 5) is 24.0. The van der Waals surface area contributed by atoms with E-state index in [2.05, 4.69) is 5.32 Å². The Bertz CT molecular complexity index is 588. The summed E-state index contributed by atoms with van der Waals surface area (Å²) in [5.41, 5.74) is 0.557. The van der Waals surface area contributed by atoms with Crippen molar-refractivity contribution >= 4 is 17.6 Å². The fourth-order valence-electron chi connectivity index (χ4n) is 3.39. The molecule has 0 aromatic heterocycles. The van der Waals surface area contributed by atoms with Gasteiger partial charge in [-0.2, -0.15) is 0 Å². The predicted octanol–water partition coefficient (Wildman–Crippen LogP) is 1.90. The summed E-state index contributed by atoms with van der Waals surface area (Å²) >= 11 is 0. The lowest BCUT2D eigenvalue weighted by molar-refractivity contribution is -0.147. The lowest BCUT2D eigenvalue weighted by Gasteiger charge is -2.24. The van der Waals surface area contributed by atoms with E-state index < -0.39 is 17.8 Å². The van der Waals surface area contributed by atoms with Gasteiger partial charge in [-0.1, -0.05) is 12.1 Å². The fraction of sp³-hybridized carbons (Fsp3) is 0.500. The number of nitrogens with one attached hydrogen (secondary N) is 1. The number of rotatable bonds is 5. The molecular weight excluding hydrogens is 286 g/mol. The molecule has 2 fully saturated rings. The Hall–Kier alpha value is -2.08. The summed E-state index contributed by atoms with van der Waals surface area (Å²) in [6, 6.07) is 7.13. The number of carbonyl (C=O) groups is 2. The number of amides is 1. The van der Waals surface area contributed by atoms with Gasteiger partial charge in [0.05, 0.1) is 36.3 Å². The highest BCUT2D eigenvalue weighted by atomic mass is 16.5. The van der Waals surface area contributed by atoms with Crippen molar-refractivity contribution in [2.24, 2.45) is 11.8 Å². The number of hydrogen-bond acceptors (Lipinski definition) is 4. The first-order valence-corrected chi connectivity index (χ1v) is 7.52. The summed E-state index contributed by atoms with van der Waals surface area (Å²) in [7, 11) is 0. The maximum atomic E-state index is 12.6. The van der Waals surface area contributed by atoms with Crippen LogP contribution in [0.4, 0.5) is 5.69 Å². The van der Waals surface area contributed by atoms with E-state index in [9.17, 15) is 14.7 Å². The molecule has 1 amide bonds. The summed E-state index contributed by atoms with van der Waals surface area (Å²) in [6.07, 6.45) is 0.798. The number of anilines is 1. The third kappa shape index (κ3) is 2.54. The first-order valence-electron chi connectivity index (χ1n) is 7.52. The van der Waals surface area contributed by atoms with Gasteiger partial charge in [0.2, 0.25) is 5.91 Å². The molecule has 2 aliphatic heterocycles. The van der Waals surface area contributed by atoms with E-state index in [1.54, 1.807) is 18.2 Å². The molecule has 0 saturated carbocycles. The Kier molecular flexibility index (Phi) is 4.02. The van der Waals surface area contributed by atoms with Gasteiger partial charge in [0.15, 0.2) is 0 Å². The van der Waals surface area contributed by atoms with E-state index in [4.69, 9.17) is 9.47 Å². The van der Waals surface area contributed by atoms with Gasteiger partial charge in [0.1, 0.15) is 5.75 Å². The normalized spacial score (nSPS) is 29.3. The van der Waals surface area contributed by atoms with Crippen LogP contribution in [0.25, 0.3) is 0 Å². The van der Waals surface area contributed by atoms with Gasteiger partial charge in [0, 0.05) is 0 Å². The molecule has 0 unspecified atom stereocenters. The molecule has 0 aliphatic carbocycles. The zero-order valence-corrected chi connectivity index (χ0v) is 12.3. The van der Waals surface area contributed by atoms with Crippen molar-refractivity contribution in [3.05, 3.63) is 24.3 Å². The molecular formula is C16H19NO5. The van der Waals surface area contributed by atoms with Gasteiger partial charge < -0.3 is 19.9 Å². The smallest absolute Gasteiger partial charge is 0.310 e. The third-order valence-electron chi connectivity index (χ3n) is 4.31. The van der Waals surface area contributed by atoms with Crippen molar-refractivity contribution in [1.82, 2.24) is 0 Å². The molecule has 0 spiro atoms. The molecule has 1 aromatic rings. The van der Waals surface area contributed by atoms with Crippen LogP contribution < -0.4 is 10.1 Å². The van der Waals surface area contributed by atoms with Crippen molar-refractivity contribution < 1.29 is 24.2 Å². The monoisotopic (exact) mass is 305 g/mol. The molecule has 6 heteroatoms. The van der Waals surface area contributed by atoms with Crippen LogP contribution in [-0.4, -0.2) is 35.8 Å². The molecule has 2 heterocycles. The van der Waals surface area contributed by atoms with Crippen LogP contribution in [0.1, 0.15) is 19.8 Å². The lowest BCUT2D eigenvalue weighted by atomic mass is 9.78. The summed E-state index contributed by atoms with van der Waals surface area (Å²) in [5.74, 6) is -2.12. The van der Waals surface area contributed by atoms with Crippen molar-refractivity contribution in [1.29, 1.82) is 0 Å². The zero-order valence-electron chi connectivity index (χ0n) is 12.3. The highest BCUT2D eigenvalue weighted by Gasteiger charge is 2.55. The topological polar surface area (TPSA) is 84.9 Å². The van der Waals surface area contributed by atoms with Crippen LogP contribution in [0, 0.1) is 11.8 Å². The molecule has 3 rings (SSSR count). The molecule has 1 aromatic carbocycles. The number of benzene rings is 1. The summed E-state index contributed by atoms with van der Waals surface area (Å²) in [5, 5.41) is 12.2. The second kappa shape index (κ2) is 5.96. The Morgan fingerprint density at radius 1 is 1.27 bits per heavy atom. The Balaban J connectivity index is 1.78. The molecule has 118 valence electrons. The highest BCUT2D eigenvalue weighted by molar-refractivity contribution is 5.97. The van der Waals surface area contributed by atoms with Gasteiger partial charge in [-0.25, -0.2) is 0 Å². The maximum Gasteiger partial charge on any atom is 0.310 e. The maximum absolute atomic E-state index is 12.6. The average molecular weight is 305 g/mol. The predicted molar refractivity (Wildman–Crippen MR) is 78.8 cm³/mol. The summed E-state index contributed by atoms with van der Waals surface area (Å²) in [6.45, 7) is 2.35. The Morgan fingerprint density at radius 2 is 1.95 bits per heavy atom. The molecule has 4 atom stereocenters. The van der Waals surface area contributed by atoms with Crippen molar-refractivity contribution in [2.45, 2.75) is 32.0 Å². The molecule has 2 saturated heterocycles. The van der Waals surface area contributed by atoms with Crippen LogP contribution in [0.3, 0.4) is 0 Å². The van der Waals surface area contributed by atoms with Crippen molar-refractivity contribution in [3.8, 4) is 5.75 Å². The molecule has 6 nitrogen and oxygen atoms in total. The first-order chi connectivity index (χ1) is 10.6. The van der Waals surface area contributed by atoms with E-state index in [1.807, 2.05) is 13.0 Å². The Morgan fingerprint density at radius 3 is 2.64 bits per heavy atom. The number of hydrogen-bond donors (Lipinski definition) is 2. The van der Waals surface area contributed by atoms with E-state index in [1.165, 1.54) is 0 Å². The fourth-order valence-corrected chi connectivity index (χ4v) is 3.39. The number of para-hydroxylation sites is 2. The van der Waals surface area contributed by atoms with Gasteiger partial charge in [-0.3, -0.25) is 9.59 Å². The van der Waals surface area contributed by atoms with Crippen molar-refractivity contribution in [3.63, 3.8) is 0 Å². The first kappa shape index (κ1) is 14.8. The molecule has 2 aliphatic rings. The standard InChI is InChI=1S/C16H19NO5/c1-2-21-10-6-4-3-5-9(10)17-15(18)13-11-7-8-12(22-11)14(13)16(19)20/h3-6,11-14H,2,7-8H2,1H3,(H,17,18)(H,19,20)/t11-,12-,13+,14-/m0/s1. The SMILES string of the molecule is CCOc1ccccc1NC(=O)[C@H]1[C@@H](C(=O)O)[C@@H]2CC[C@@H]1O2. The minimum absolute atomic E-state index is 0.301. The van der Waals surface area contributed by atoms with Crippen LogP contribution in [0.2, 0.25) is 0 Å². The number of ether oxygens (including phenoxy) is 2. The minimum atomic E-state index is -0.967. The van der Waals surface area contributed by atoms with Crippen LogP contribution in [0.15, 0.2) is 24.3 Å². The van der Waals surface area contributed by atoms with Crippen LogP contribution in [0.5, 0.6) is 5.75 Å². The quantitative estimate of drug-likeness (QED) is 0.868. The highest BCUT2D eigenvalue weighted by Crippen LogP contribution is 2.44. The molecule has 0 radical (unpaired) electrons. The zero-order chi connectivity index (χ0) is 15.7. The van der Waals surface area contributed by atoms with Crippen LogP contribution >= 0.6 is 0 Å². The third-order valence-corrected chi connectivity index (χ3v) is 4.31. The largest absolute Gasteiger partial charge is 0.492 e. The van der Waals surface area contributed by atoms with Gasteiger partial charge >= 0.3 is 5.97 Å². The lowest BCUT2D eigenvalue weighted by Crippen LogP contribution is -2.41. The van der Waals surface area contributed by atoms with E-state index in [0.717, 1.165) is 6.42 Å².